The van der Waals surface area contributed by atoms with Crippen molar-refractivity contribution in [2.24, 2.45) is 10.8 Å². The number of hydrogen-bond acceptors (Lipinski definition) is 8. The summed E-state index contributed by atoms with van der Waals surface area (Å²) < 4.78 is 42.9. The highest BCUT2D eigenvalue weighted by Gasteiger charge is 2.41. The number of nitrogens with zero attached hydrogens (tertiary/aromatic N) is 3. The van der Waals surface area contributed by atoms with Gasteiger partial charge < -0.3 is 33.6 Å². The maximum absolute atomic E-state index is 15.1. The van der Waals surface area contributed by atoms with Crippen LogP contribution in [0.3, 0.4) is 0 Å². The molecule has 1 spiro atoms. The smallest absolute Gasteiger partial charge is 0.225 e. The number of piperidine rings is 1. The number of methoxy groups -OCH3 is 2. The fourth-order valence-electron chi connectivity index (χ4n) is 5.65. The van der Waals surface area contributed by atoms with Crippen LogP contribution >= 0.6 is 0 Å². The van der Waals surface area contributed by atoms with Crippen molar-refractivity contribution in [2.75, 3.05) is 53.7 Å². The van der Waals surface area contributed by atoms with Gasteiger partial charge in [-0.3, -0.25) is 9.78 Å². The minimum absolute atomic E-state index is 0.00951. The summed E-state index contributed by atoms with van der Waals surface area (Å²) >= 11 is 0. The van der Waals surface area contributed by atoms with Crippen molar-refractivity contribution in [1.29, 1.82) is 0 Å². The molecule has 0 aliphatic carbocycles. The van der Waals surface area contributed by atoms with Gasteiger partial charge in [0.25, 0.3) is 0 Å². The predicted molar refractivity (Wildman–Crippen MR) is 174 cm³/mol. The summed E-state index contributed by atoms with van der Waals surface area (Å²) in [6, 6.07) is 6.83. The first-order valence-electron chi connectivity index (χ1n) is 15.8. The zero-order valence-corrected chi connectivity index (χ0v) is 27.7. The highest BCUT2D eigenvalue weighted by atomic mass is 19.1. The van der Waals surface area contributed by atoms with E-state index < -0.39 is 5.82 Å². The molecule has 0 bridgehead atoms. The number of aromatic nitrogens is 3. The molecule has 4 aromatic rings. The van der Waals surface area contributed by atoms with Crippen LogP contribution < -0.4 is 14.2 Å². The summed E-state index contributed by atoms with van der Waals surface area (Å²) in [4.78, 5) is 26.3. The van der Waals surface area contributed by atoms with E-state index in [2.05, 4.69) is 35.7 Å². The van der Waals surface area contributed by atoms with Crippen LogP contribution in [0.15, 0.2) is 36.7 Å². The molecule has 3 aromatic heterocycles. The molecule has 46 heavy (non-hydrogen) atoms. The number of ether oxygens (including phenoxy) is 5. The van der Waals surface area contributed by atoms with Crippen LogP contribution in [0.25, 0.3) is 21.9 Å². The van der Waals surface area contributed by atoms with Crippen LogP contribution in [0.2, 0.25) is 0 Å². The third-order valence-corrected chi connectivity index (χ3v) is 8.96. The van der Waals surface area contributed by atoms with E-state index in [0.717, 1.165) is 51.4 Å². The van der Waals surface area contributed by atoms with Crippen LogP contribution in [-0.2, 0) is 14.3 Å². The number of carbonyl (C=O) groups is 1. The Labute approximate surface area is 269 Å². The fourth-order valence-corrected chi connectivity index (χ4v) is 5.65. The first-order chi connectivity index (χ1) is 22.1. The molecule has 11 heteroatoms. The van der Waals surface area contributed by atoms with Gasteiger partial charge in [-0.15, -0.1) is 0 Å². The number of hydrogen-bond donors (Lipinski definition) is 1. The normalized spacial score (nSPS) is 15.8. The second kappa shape index (κ2) is 14.2. The number of halogens is 1. The largest absolute Gasteiger partial charge is 0.493 e. The molecule has 0 unspecified atom stereocenters. The molecule has 2 saturated heterocycles. The lowest BCUT2D eigenvalue weighted by Crippen LogP contribution is -2.52. The number of fused-ring (bicyclic) bond motifs is 2. The standard InChI is InChI=1S/C28H29FN4O5.C7H16O/c1-17-11-19-26(29)24(14-31-27(19)32-17)38-21-3-7-30-20-13-23(22(35-2)12-18(20)21)37-10-4-25(34)33-8-5-28(6-9-33)15-36-16-28;1-5-7(2,3)6-8-4/h3,7,11-14H,4-6,8-10,15-16H2,1-2H3,(H,31,32);5-6H2,1-4H3. The van der Waals surface area contributed by atoms with Crippen molar-refractivity contribution in [3.05, 3.63) is 48.2 Å². The van der Waals surface area contributed by atoms with Crippen molar-refractivity contribution in [2.45, 2.75) is 53.4 Å². The Kier molecular flexibility index (Phi) is 10.3. The first-order valence-corrected chi connectivity index (χ1v) is 15.8. The fraction of sp³-hybridized carbons (Fsp3) is 0.514. The monoisotopic (exact) mass is 636 g/mol. The van der Waals surface area contributed by atoms with E-state index in [4.69, 9.17) is 23.7 Å². The third-order valence-electron chi connectivity index (χ3n) is 8.96. The third kappa shape index (κ3) is 7.53. The van der Waals surface area contributed by atoms with Crippen LogP contribution in [0.1, 0.15) is 52.1 Å². The van der Waals surface area contributed by atoms with E-state index in [1.165, 1.54) is 19.7 Å². The zero-order chi connectivity index (χ0) is 32.9. The van der Waals surface area contributed by atoms with Gasteiger partial charge in [0.1, 0.15) is 11.4 Å². The van der Waals surface area contributed by atoms with Gasteiger partial charge in [-0.25, -0.2) is 9.37 Å². The van der Waals surface area contributed by atoms with Gasteiger partial charge in [0, 0.05) is 49.0 Å². The van der Waals surface area contributed by atoms with Crippen molar-refractivity contribution < 1.29 is 32.9 Å². The molecule has 2 fully saturated rings. The minimum atomic E-state index is -0.495. The van der Waals surface area contributed by atoms with Gasteiger partial charge in [-0.1, -0.05) is 20.8 Å². The number of amides is 1. The van der Waals surface area contributed by atoms with E-state index in [0.29, 0.717) is 44.6 Å². The SMILES string of the molecule is CCC(C)(C)COC.COc1cc2c(Oc3cnc4[nH]c(C)cc4c3F)ccnc2cc1OCCC(=O)N1CCC2(CC1)COC2. The van der Waals surface area contributed by atoms with Gasteiger partial charge in [0.15, 0.2) is 23.1 Å². The van der Waals surface area contributed by atoms with Crippen molar-refractivity contribution in [3.8, 4) is 23.0 Å². The molecule has 2 aliphatic heterocycles. The molecule has 1 amide bonds. The van der Waals surface area contributed by atoms with Gasteiger partial charge >= 0.3 is 0 Å². The first kappa shape index (κ1) is 33.4. The van der Waals surface area contributed by atoms with Crippen LogP contribution in [0.4, 0.5) is 4.39 Å². The molecule has 0 saturated carbocycles. The number of aromatic amines is 1. The van der Waals surface area contributed by atoms with Crippen molar-refractivity contribution in [3.63, 3.8) is 0 Å². The molecule has 0 atom stereocenters. The number of likely N-dealkylation sites (tertiary alicyclic amines) is 1. The van der Waals surface area contributed by atoms with Crippen LogP contribution in [0.5, 0.6) is 23.0 Å². The Balaban J connectivity index is 0.000000463. The topological polar surface area (TPSA) is 108 Å². The molecule has 248 valence electrons. The van der Waals surface area contributed by atoms with Gasteiger partial charge in [-0.05, 0) is 49.8 Å². The number of pyridine rings is 2. The summed E-state index contributed by atoms with van der Waals surface area (Å²) in [5.74, 6) is 0.934. The number of nitrogens with one attached hydrogen (secondary N) is 1. The average Bonchev–Trinajstić information content (AvgIpc) is 3.43. The Morgan fingerprint density at radius 2 is 1.83 bits per heavy atom. The molecular formula is C35H45FN4O6. The predicted octanol–water partition coefficient (Wildman–Crippen LogP) is 6.84. The summed E-state index contributed by atoms with van der Waals surface area (Å²) in [6.07, 6.45) is 6.38. The van der Waals surface area contributed by atoms with E-state index in [1.54, 1.807) is 37.6 Å². The number of rotatable bonds is 10. The lowest BCUT2D eigenvalue weighted by molar-refractivity contribution is -0.153. The van der Waals surface area contributed by atoms with E-state index >= 15 is 4.39 Å². The number of carbonyl (C=O) groups excluding carboxylic acids is 1. The second-order valence-electron chi connectivity index (χ2n) is 13.0. The van der Waals surface area contributed by atoms with Crippen LogP contribution in [-0.4, -0.2) is 79.5 Å². The van der Waals surface area contributed by atoms with Gasteiger partial charge in [-0.2, -0.15) is 0 Å². The Hall–Kier alpha value is -3.96. The lowest BCUT2D eigenvalue weighted by Gasteiger charge is -2.47. The van der Waals surface area contributed by atoms with Gasteiger partial charge in [0.05, 0.1) is 57.1 Å². The number of benzene rings is 1. The number of aryl methyl sites for hydroxylation is 1. The van der Waals surface area contributed by atoms with E-state index in [1.807, 2.05) is 11.8 Å². The zero-order valence-electron chi connectivity index (χ0n) is 27.7. The Morgan fingerprint density at radius 1 is 1.07 bits per heavy atom. The summed E-state index contributed by atoms with van der Waals surface area (Å²) in [5, 5.41) is 0.988. The minimum Gasteiger partial charge on any atom is -0.493 e. The van der Waals surface area contributed by atoms with Crippen LogP contribution in [0, 0.1) is 23.6 Å². The Bertz CT molecular complexity index is 1660. The highest BCUT2D eigenvalue weighted by molar-refractivity contribution is 5.88. The summed E-state index contributed by atoms with van der Waals surface area (Å²) in [7, 11) is 3.28. The van der Waals surface area contributed by atoms with E-state index in [-0.39, 0.29) is 30.1 Å². The molecule has 1 N–H and O–H groups in total. The molecule has 10 nitrogen and oxygen atoms in total. The second-order valence-corrected chi connectivity index (χ2v) is 13.0. The quantitative estimate of drug-likeness (QED) is 0.202. The molecule has 0 radical (unpaired) electrons. The lowest BCUT2D eigenvalue weighted by atomic mass is 9.77. The average molecular weight is 637 g/mol. The molecule has 2 aliphatic rings. The molecule has 5 heterocycles. The van der Waals surface area contributed by atoms with Gasteiger partial charge in [0.2, 0.25) is 5.91 Å². The maximum Gasteiger partial charge on any atom is 0.225 e. The summed E-state index contributed by atoms with van der Waals surface area (Å²) in [5.41, 5.74) is 2.52. The van der Waals surface area contributed by atoms with E-state index in [9.17, 15) is 4.79 Å². The summed E-state index contributed by atoms with van der Waals surface area (Å²) in [6.45, 7) is 12.7. The highest BCUT2D eigenvalue weighted by Crippen LogP contribution is 2.40. The molecule has 6 rings (SSSR count). The maximum atomic E-state index is 15.1. The molecule has 1 aromatic carbocycles. The van der Waals surface area contributed by atoms with Crippen molar-refractivity contribution >= 4 is 27.8 Å². The van der Waals surface area contributed by atoms with Crippen molar-refractivity contribution in [1.82, 2.24) is 19.9 Å². The Morgan fingerprint density at radius 3 is 2.46 bits per heavy atom. The number of H-pyrrole nitrogens is 1. The molecular weight excluding hydrogens is 591 g/mol.